The molecule has 5 nitrogen and oxygen atoms in total. The number of aromatic nitrogens is 2. The monoisotopic (exact) mass is 277 g/mol. The van der Waals surface area contributed by atoms with Crippen molar-refractivity contribution in [3.05, 3.63) is 18.2 Å². The van der Waals surface area contributed by atoms with Gasteiger partial charge in [-0.2, -0.15) is 13.2 Å². The Morgan fingerprint density at radius 3 is 2.53 bits per heavy atom. The molecule has 106 valence electrons. The number of likely N-dealkylation sites (tertiary alicyclic amines) is 1. The van der Waals surface area contributed by atoms with Crippen LogP contribution < -0.4 is 0 Å². The van der Waals surface area contributed by atoms with E-state index in [-0.39, 0.29) is 5.92 Å². The zero-order valence-corrected chi connectivity index (χ0v) is 10.1. The molecule has 0 radical (unpaired) electrons. The normalized spacial score (nSPS) is 17.7. The smallest absolute Gasteiger partial charge is 0.434 e. The molecule has 1 saturated heterocycles. The number of hydrogen-bond donors (Lipinski definition) is 1. The van der Waals surface area contributed by atoms with E-state index >= 15 is 0 Å². The van der Waals surface area contributed by atoms with Gasteiger partial charge in [-0.1, -0.05) is 0 Å². The van der Waals surface area contributed by atoms with Crippen LogP contribution in [-0.2, 0) is 12.7 Å². The van der Waals surface area contributed by atoms with Crippen molar-refractivity contribution >= 4 is 6.09 Å². The predicted octanol–water partition coefficient (Wildman–Crippen LogP) is 2.29. The number of carboxylic acid groups (broad SMARTS) is 1. The summed E-state index contributed by atoms with van der Waals surface area (Å²) in [6.45, 7) is 1.30. The predicted molar refractivity (Wildman–Crippen MR) is 59.6 cm³/mol. The molecule has 1 fully saturated rings. The van der Waals surface area contributed by atoms with E-state index in [0.717, 1.165) is 6.20 Å². The Morgan fingerprint density at radius 1 is 1.42 bits per heavy atom. The maximum absolute atomic E-state index is 12.4. The molecule has 0 aliphatic carbocycles. The summed E-state index contributed by atoms with van der Waals surface area (Å²) in [5.74, 6) is 0.186. The van der Waals surface area contributed by atoms with E-state index in [0.29, 0.717) is 32.5 Å². The lowest BCUT2D eigenvalue weighted by molar-refractivity contribution is -0.141. The van der Waals surface area contributed by atoms with Crippen LogP contribution in [0.25, 0.3) is 0 Å². The van der Waals surface area contributed by atoms with Crippen molar-refractivity contribution in [1.82, 2.24) is 14.5 Å². The van der Waals surface area contributed by atoms with Gasteiger partial charge >= 0.3 is 12.3 Å². The molecule has 0 unspecified atom stereocenters. The van der Waals surface area contributed by atoms with E-state index in [1.807, 2.05) is 0 Å². The van der Waals surface area contributed by atoms with E-state index in [2.05, 4.69) is 4.98 Å². The van der Waals surface area contributed by atoms with Gasteiger partial charge < -0.3 is 14.6 Å². The molecule has 1 aromatic heterocycles. The van der Waals surface area contributed by atoms with Gasteiger partial charge in [0.1, 0.15) is 0 Å². The van der Waals surface area contributed by atoms with Crippen molar-refractivity contribution in [1.29, 1.82) is 0 Å². The summed E-state index contributed by atoms with van der Waals surface area (Å²) in [6.07, 6.45) is -1.88. The third kappa shape index (κ3) is 3.39. The highest BCUT2D eigenvalue weighted by atomic mass is 19.4. The maximum atomic E-state index is 12.4. The van der Waals surface area contributed by atoms with Crippen molar-refractivity contribution in [3.8, 4) is 0 Å². The van der Waals surface area contributed by atoms with Crippen LogP contribution >= 0.6 is 0 Å². The number of nitrogens with zero attached hydrogens (tertiary/aromatic N) is 3. The number of carbonyl (C=O) groups is 1. The second-order valence-electron chi connectivity index (χ2n) is 4.67. The van der Waals surface area contributed by atoms with Crippen molar-refractivity contribution in [2.45, 2.75) is 25.6 Å². The molecule has 2 rings (SSSR count). The maximum Gasteiger partial charge on any atom is 0.434 e. The molecule has 0 atom stereocenters. The van der Waals surface area contributed by atoms with Crippen LogP contribution in [0.2, 0.25) is 0 Å². The first-order valence-corrected chi connectivity index (χ1v) is 5.93. The van der Waals surface area contributed by atoms with Gasteiger partial charge in [0, 0.05) is 25.8 Å². The van der Waals surface area contributed by atoms with Crippen LogP contribution in [0.15, 0.2) is 12.5 Å². The summed E-state index contributed by atoms with van der Waals surface area (Å²) in [4.78, 5) is 15.4. The summed E-state index contributed by atoms with van der Waals surface area (Å²) in [5.41, 5.74) is -0.893. The minimum absolute atomic E-state index is 0.186. The first-order valence-electron chi connectivity index (χ1n) is 5.93. The second-order valence-corrected chi connectivity index (χ2v) is 4.67. The molecule has 0 spiro atoms. The highest BCUT2D eigenvalue weighted by molar-refractivity contribution is 5.64. The Balaban J connectivity index is 1.89. The molecule has 1 aromatic rings. The van der Waals surface area contributed by atoms with E-state index in [9.17, 15) is 18.0 Å². The Labute approximate surface area is 107 Å². The largest absolute Gasteiger partial charge is 0.465 e. The van der Waals surface area contributed by atoms with Gasteiger partial charge in [0.2, 0.25) is 0 Å². The first-order chi connectivity index (χ1) is 8.86. The molecule has 8 heteroatoms. The van der Waals surface area contributed by atoms with E-state index in [1.165, 1.54) is 15.8 Å². The molecule has 0 aromatic carbocycles. The van der Waals surface area contributed by atoms with Crippen molar-refractivity contribution in [2.24, 2.45) is 5.92 Å². The van der Waals surface area contributed by atoms with Crippen LogP contribution in [0, 0.1) is 5.92 Å². The summed E-state index contributed by atoms with van der Waals surface area (Å²) in [5, 5.41) is 8.79. The fourth-order valence-corrected chi connectivity index (χ4v) is 2.21. The summed E-state index contributed by atoms with van der Waals surface area (Å²) < 4.78 is 38.5. The number of rotatable bonds is 2. The van der Waals surface area contributed by atoms with Gasteiger partial charge in [0.05, 0.1) is 6.33 Å². The lowest BCUT2D eigenvalue weighted by Gasteiger charge is -2.30. The van der Waals surface area contributed by atoms with E-state index in [4.69, 9.17) is 5.11 Å². The highest BCUT2D eigenvalue weighted by Gasteiger charge is 2.33. The standard InChI is InChI=1S/C11H14F3N3O2/c12-11(13,14)9-6-16(7-15-9)5-8-1-3-17(4-2-8)10(18)19/h6-8H,1-5H2,(H,18,19). The SMILES string of the molecule is O=C(O)N1CCC(Cn2cnc(C(F)(F)F)c2)CC1. The first kappa shape index (κ1) is 13.7. The lowest BCUT2D eigenvalue weighted by atomic mass is 9.97. The van der Waals surface area contributed by atoms with Crippen LogP contribution in [-0.4, -0.2) is 38.7 Å². The fourth-order valence-electron chi connectivity index (χ4n) is 2.21. The van der Waals surface area contributed by atoms with Gasteiger partial charge in [-0.25, -0.2) is 9.78 Å². The highest BCUT2D eigenvalue weighted by Crippen LogP contribution is 2.28. The molecule has 1 amide bonds. The third-order valence-corrected chi connectivity index (χ3v) is 3.28. The van der Waals surface area contributed by atoms with Crippen molar-refractivity contribution < 1.29 is 23.1 Å². The topological polar surface area (TPSA) is 58.4 Å². The van der Waals surface area contributed by atoms with Crippen molar-refractivity contribution in [2.75, 3.05) is 13.1 Å². The van der Waals surface area contributed by atoms with Crippen LogP contribution in [0.5, 0.6) is 0 Å². The zero-order valence-electron chi connectivity index (χ0n) is 10.1. The summed E-state index contributed by atoms with van der Waals surface area (Å²) >= 11 is 0. The Hall–Kier alpha value is -1.73. The van der Waals surface area contributed by atoms with Gasteiger partial charge in [0.15, 0.2) is 5.69 Å². The van der Waals surface area contributed by atoms with Gasteiger partial charge in [-0.15, -0.1) is 0 Å². The quantitative estimate of drug-likeness (QED) is 0.902. The fraction of sp³-hybridized carbons (Fsp3) is 0.636. The van der Waals surface area contributed by atoms with Crippen LogP contribution in [0.3, 0.4) is 0 Å². The molecular formula is C11H14F3N3O2. The summed E-state index contributed by atoms with van der Waals surface area (Å²) in [6, 6.07) is 0. The zero-order chi connectivity index (χ0) is 14.0. The molecule has 1 aliphatic heterocycles. The number of amides is 1. The van der Waals surface area contributed by atoms with Gasteiger partial charge in [-0.05, 0) is 18.8 Å². The molecule has 1 aliphatic rings. The number of imidazole rings is 1. The molecule has 0 bridgehead atoms. The van der Waals surface area contributed by atoms with Gasteiger partial charge in [-0.3, -0.25) is 0 Å². The van der Waals surface area contributed by atoms with Crippen LogP contribution in [0.1, 0.15) is 18.5 Å². The molecule has 0 saturated carbocycles. The number of halogens is 3. The third-order valence-electron chi connectivity index (χ3n) is 3.28. The average molecular weight is 277 g/mol. The van der Waals surface area contributed by atoms with E-state index < -0.39 is 18.0 Å². The minimum atomic E-state index is -4.42. The minimum Gasteiger partial charge on any atom is -0.465 e. The van der Waals surface area contributed by atoms with Gasteiger partial charge in [0.25, 0.3) is 0 Å². The Bertz CT molecular complexity index is 450. The summed E-state index contributed by atoms with van der Waals surface area (Å²) in [7, 11) is 0. The number of hydrogen-bond acceptors (Lipinski definition) is 2. The average Bonchev–Trinajstić information content (AvgIpc) is 2.78. The lowest BCUT2D eigenvalue weighted by Crippen LogP contribution is -2.38. The van der Waals surface area contributed by atoms with Crippen LogP contribution in [0.4, 0.5) is 18.0 Å². The molecule has 19 heavy (non-hydrogen) atoms. The van der Waals surface area contributed by atoms with Crippen molar-refractivity contribution in [3.63, 3.8) is 0 Å². The second kappa shape index (κ2) is 5.10. The number of alkyl halides is 3. The Morgan fingerprint density at radius 2 is 2.05 bits per heavy atom. The molecule has 2 heterocycles. The Kier molecular flexibility index (Phi) is 3.68. The number of piperidine rings is 1. The van der Waals surface area contributed by atoms with E-state index in [1.54, 1.807) is 0 Å². The molecule has 1 N–H and O–H groups in total. The molecular weight excluding hydrogens is 263 g/mol.